The number of anilines is 2. The van der Waals surface area contributed by atoms with Crippen molar-refractivity contribution in [3.8, 4) is 0 Å². The van der Waals surface area contributed by atoms with Gasteiger partial charge in [0.05, 0.1) is 24.1 Å². The summed E-state index contributed by atoms with van der Waals surface area (Å²) in [6.45, 7) is 1.80. The predicted octanol–water partition coefficient (Wildman–Crippen LogP) is 3.16. The first kappa shape index (κ1) is 19.5. The Kier molecular flexibility index (Phi) is 5.58. The Bertz CT molecular complexity index is 898. The average Bonchev–Trinajstić information content (AvgIpc) is 2.67. The molecule has 152 valence electrons. The standard InChI is InChI=1S/C22H26N4O3/c1-13-11-23-24-12-20(13)22(29)26-18-4-2-3-17(10-18)25-21(28)16-6-14-5-15(7-16)9-19(27)8-14/h2-4,10-12,14-16,19,27H,5-9H2,1H3,(H,25,28)(H,26,29)/t14-,15+,16?,19?. The number of nitrogens with one attached hydrogen (secondary N) is 2. The average molecular weight is 394 g/mol. The third kappa shape index (κ3) is 4.62. The van der Waals surface area contributed by atoms with Crippen LogP contribution in [-0.2, 0) is 4.79 Å². The summed E-state index contributed by atoms with van der Waals surface area (Å²) in [5.74, 6) is 0.621. The van der Waals surface area contributed by atoms with Gasteiger partial charge in [0, 0.05) is 17.3 Å². The Morgan fingerprint density at radius 3 is 2.31 bits per heavy atom. The van der Waals surface area contributed by atoms with Gasteiger partial charge in [0.15, 0.2) is 0 Å². The van der Waals surface area contributed by atoms with E-state index in [0.29, 0.717) is 28.8 Å². The monoisotopic (exact) mass is 394 g/mol. The molecule has 2 aliphatic rings. The molecule has 2 saturated carbocycles. The number of aromatic nitrogens is 2. The number of amides is 2. The van der Waals surface area contributed by atoms with E-state index in [-0.39, 0.29) is 23.8 Å². The molecule has 4 atom stereocenters. The molecule has 3 N–H and O–H groups in total. The van der Waals surface area contributed by atoms with Crippen molar-refractivity contribution in [2.24, 2.45) is 17.8 Å². The Morgan fingerprint density at radius 1 is 0.966 bits per heavy atom. The fourth-order valence-electron chi connectivity index (χ4n) is 4.77. The smallest absolute Gasteiger partial charge is 0.257 e. The van der Waals surface area contributed by atoms with E-state index in [0.717, 1.165) is 37.7 Å². The fraction of sp³-hybridized carbons (Fsp3) is 0.455. The molecule has 7 heteroatoms. The number of aryl methyl sites for hydroxylation is 1. The maximum Gasteiger partial charge on any atom is 0.257 e. The fourth-order valence-corrected chi connectivity index (χ4v) is 4.77. The predicted molar refractivity (Wildman–Crippen MR) is 109 cm³/mol. The third-order valence-corrected chi connectivity index (χ3v) is 6.05. The summed E-state index contributed by atoms with van der Waals surface area (Å²) in [5.41, 5.74) is 2.47. The molecule has 0 spiro atoms. The second kappa shape index (κ2) is 8.29. The van der Waals surface area contributed by atoms with Crippen molar-refractivity contribution in [1.29, 1.82) is 0 Å². The van der Waals surface area contributed by atoms with E-state index in [1.54, 1.807) is 31.3 Å². The van der Waals surface area contributed by atoms with Gasteiger partial charge in [0.25, 0.3) is 5.91 Å². The maximum atomic E-state index is 12.8. The van der Waals surface area contributed by atoms with Crippen LogP contribution in [0.5, 0.6) is 0 Å². The normalized spacial score (nSPS) is 25.9. The highest BCUT2D eigenvalue weighted by Crippen LogP contribution is 2.43. The molecule has 2 amide bonds. The molecule has 2 fully saturated rings. The zero-order valence-electron chi connectivity index (χ0n) is 16.5. The number of fused-ring (bicyclic) bond motifs is 2. The first-order chi connectivity index (χ1) is 14.0. The number of hydrogen-bond donors (Lipinski definition) is 3. The molecule has 4 rings (SSSR count). The van der Waals surface area contributed by atoms with Crippen molar-refractivity contribution >= 4 is 23.2 Å². The van der Waals surface area contributed by atoms with Crippen molar-refractivity contribution in [2.75, 3.05) is 10.6 Å². The van der Waals surface area contributed by atoms with Gasteiger partial charge >= 0.3 is 0 Å². The van der Waals surface area contributed by atoms with Crippen molar-refractivity contribution in [1.82, 2.24) is 10.2 Å². The Balaban J connectivity index is 1.39. The van der Waals surface area contributed by atoms with E-state index in [1.807, 2.05) is 6.07 Å². The maximum absolute atomic E-state index is 12.8. The summed E-state index contributed by atoms with van der Waals surface area (Å²) in [4.78, 5) is 25.3. The minimum Gasteiger partial charge on any atom is -0.393 e. The molecule has 1 heterocycles. The van der Waals surface area contributed by atoms with E-state index in [9.17, 15) is 14.7 Å². The molecule has 29 heavy (non-hydrogen) atoms. The van der Waals surface area contributed by atoms with Crippen molar-refractivity contribution < 1.29 is 14.7 Å². The lowest BCUT2D eigenvalue weighted by atomic mass is 9.67. The summed E-state index contributed by atoms with van der Waals surface area (Å²) in [5, 5.41) is 23.3. The Hall–Kier alpha value is -2.80. The lowest BCUT2D eigenvalue weighted by Crippen LogP contribution is -2.37. The number of carbonyl (C=O) groups is 2. The van der Waals surface area contributed by atoms with Crippen LogP contribution in [0.25, 0.3) is 0 Å². The quantitative estimate of drug-likeness (QED) is 0.739. The first-order valence-electron chi connectivity index (χ1n) is 10.2. The van der Waals surface area contributed by atoms with E-state index in [1.165, 1.54) is 6.20 Å². The van der Waals surface area contributed by atoms with E-state index in [2.05, 4.69) is 20.8 Å². The Labute approximate surface area is 169 Å². The zero-order valence-corrected chi connectivity index (χ0v) is 16.5. The summed E-state index contributed by atoms with van der Waals surface area (Å²) in [6, 6.07) is 7.16. The Morgan fingerprint density at radius 2 is 1.62 bits per heavy atom. The van der Waals surface area contributed by atoms with Crippen LogP contribution < -0.4 is 10.6 Å². The molecular formula is C22H26N4O3. The van der Waals surface area contributed by atoms with Crippen LogP contribution >= 0.6 is 0 Å². The number of benzene rings is 1. The van der Waals surface area contributed by atoms with Gasteiger partial charge in [-0.1, -0.05) is 6.07 Å². The SMILES string of the molecule is Cc1cnncc1C(=O)Nc1cccc(NC(=O)C2C[C@H]3CC(O)C[C@@H](C2)C3)c1. The topological polar surface area (TPSA) is 104 Å². The molecule has 1 aromatic heterocycles. The molecule has 2 aromatic rings. The van der Waals surface area contributed by atoms with Crippen molar-refractivity contribution in [3.05, 3.63) is 47.8 Å². The number of aliphatic hydroxyl groups is 1. The number of hydrogen-bond acceptors (Lipinski definition) is 5. The van der Waals surface area contributed by atoms with Gasteiger partial charge in [-0.2, -0.15) is 10.2 Å². The second-order valence-corrected chi connectivity index (χ2v) is 8.37. The molecular weight excluding hydrogens is 368 g/mol. The van der Waals surface area contributed by atoms with Crippen LogP contribution in [0, 0.1) is 24.7 Å². The van der Waals surface area contributed by atoms with Crippen LogP contribution in [0.3, 0.4) is 0 Å². The molecule has 7 nitrogen and oxygen atoms in total. The molecule has 1 aromatic carbocycles. The highest BCUT2D eigenvalue weighted by molar-refractivity contribution is 6.05. The molecule has 0 aliphatic heterocycles. The second-order valence-electron chi connectivity index (χ2n) is 8.37. The van der Waals surface area contributed by atoms with Gasteiger partial charge in [-0.05, 0) is 74.6 Å². The van der Waals surface area contributed by atoms with Crippen LogP contribution in [0.4, 0.5) is 11.4 Å². The molecule has 2 aliphatic carbocycles. The van der Waals surface area contributed by atoms with Gasteiger partial charge < -0.3 is 15.7 Å². The third-order valence-electron chi connectivity index (χ3n) is 6.05. The first-order valence-corrected chi connectivity index (χ1v) is 10.2. The summed E-state index contributed by atoms with van der Waals surface area (Å²) in [6.07, 6.45) is 7.20. The largest absolute Gasteiger partial charge is 0.393 e. The van der Waals surface area contributed by atoms with Gasteiger partial charge in [-0.25, -0.2) is 0 Å². The van der Waals surface area contributed by atoms with Gasteiger partial charge in [-0.15, -0.1) is 0 Å². The van der Waals surface area contributed by atoms with E-state index in [4.69, 9.17) is 0 Å². The summed E-state index contributed by atoms with van der Waals surface area (Å²) in [7, 11) is 0. The lowest BCUT2D eigenvalue weighted by Gasteiger charge is -2.40. The molecule has 0 radical (unpaired) electrons. The highest BCUT2D eigenvalue weighted by Gasteiger charge is 2.38. The summed E-state index contributed by atoms with van der Waals surface area (Å²) < 4.78 is 0. The minimum atomic E-state index is -0.264. The van der Waals surface area contributed by atoms with Crippen LogP contribution in [0.1, 0.15) is 48.0 Å². The van der Waals surface area contributed by atoms with Gasteiger partial charge in [0.2, 0.25) is 5.91 Å². The van der Waals surface area contributed by atoms with Crippen molar-refractivity contribution in [3.63, 3.8) is 0 Å². The minimum absolute atomic E-state index is 0.0185. The van der Waals surface area contributed by atoms with E-state index >= 15 is 0 Å². The van der Waals surface area contributed by atoms with Gasteiger partial charge in [-0.3, -0.25) is 9.59 Å². The number of nitrogens with zero attached hydrogens (tertiary/aromatic N) is 2. The number of rotatable bonds is 4. The van der Waals surface area contributed by atoms with E-state index < -0.39 is 0 Å². The zero-order chi connectivity index (χ0) is 20.4. The van der Waals surface area contributed by atoms with Crippen molar-refractivity contribution in [2.45, 2.75) is 45.1 Å². The van der Waals surface area contributed by atoms with Crippen LogP contribution in [0.15, 0.2) is 36.7 Å². The molecule has 0 saturated heterocycles. The van der Waals surface area contributed by atoms with Crippen LogP contribution in [0.2, 0.25) is 0 Å². The molecule has 2 bridgehead atoms. The highest BCUT2D eigenvalue weighted by atomic mass is 16.3. The number of carbonyl (C=O) groups excluding carboxylic acids is 2. The van der Waals surface area contributed by atoms with Crippen LogP contribution in [-0.4, -0.2) is 33.2 Å². The molecule has 2 unspecified atom stereocenters. The lowest BCUT2D eigenvalue weighted by molar-refractivity contribution is -0.123. The number of aliphatic hydroxyl groups excluding tert-OH is 1. The van der Waals surface area contributed by atoms with Gasteiger partial charge in [0.1, 0.15) is 0 Å². The summed E-state index contributed by atoms with van der Waals surface area (Å²) >= 11 is 0.